The lowest BCUT2D eigenvalue weighted by atomic mass is 9.89. The molecule has 3 aromatic rings. The van der Waals surface area contributed by atoms with Crippen molar-refractivity contribution >= 4 is 22.6 Å². The van der Waals surface area contributed by atoms with Crippen LogP contribution in [-0.4, -0.2) is 45.0 Å². The molecule has 9 heteroatoms. The first-order valence-electron chi connectivity index (χ1n) is 10.8. The molecule has 0 bridgehead atoms. The van der Waals surface area contributed by atoms with Crippen molar-refractivity contribution in [3.63, 3.8) is 0 Å². The van der Waals surface area contributed by atoms with Crippen molar-refractivity contribution in [2.75, 3.05) is 18.0 Å². The Hall–Kier alpha value is -3.33. The van der Waals surface area contributed by atoms with Crippen LogP contribution in [0.3, 0.4) is 0 Å². The molecule has 4 heterocycles. The van der Waals surface area contributed by atoms with E-state index in [1.807, 2.05) is 11.0 Å². The molecule has 0 saturated carbocycles. The van der Waals surface area contributed by atoms with Gasteiger partial charge in [0.2, 0.25) is 0 Å². The molecule has 0 aliphatic carbocycles. The predicted octanol–water partition coefficient (Wildman–Crippen LogP) is 4.50. The third kappa shape index (κ3) is 3.66. The number of amides is 1. The first-order valence-corrected chi connectivity index (χ1v) is 10.8. The highest BCUT2D eigenvalue weighted by atomic mass is 19.4. The summed E-state index contributed by atoms with van der Waals surface area (Å²) in [4.78, 5) is 24.2. The van der Waals surface area contributed by atoms with E-state index in [0.29, 0.717) is 24.2 Å². The lowest BCUT2D eigenvalue weighted by Gasteiger charge is -2.44. The van der Waals surface area contributed by atoms with Gasteiger partial charge in [-0.2, -0.15) is 13.2 Å². The summed E-state index contributed by atoms with van der Waals surface area (Å²) in [6.45, 7) is 2.72. The number of nitrogens with one attached hydrogen (secondary N) is 1. The molecule has 172 valence electrons. The standard InChI is InChI=1S/C24H23F3N4O2/c1-14-7-10-30(23(33)15-4-2-3-5-18(15)24(25,26)27)13-19(14)31-11-8-20(32)17-12-29-22-16(21(17)31)6-9-28-22/h2-6,8-9,11-12,14,19-20,32H,7,10,13H2,1H3,(H,28,29)/t14-,19+,20?/m1/s1. The lowest BCUT2D eigenvalue weighted by Crippen LogP contribution is -2.53. The summed E-state index contributed by atoms with van der Waals surface area (Å²) >= 11 is 0. The second-order valence-corrected chi connectivity index (χ2v) is 8.62. The number of anilines is 1. The molecule has 1 saturated heterocycles. The van der Waals surface area contributed by atoms with Crippen LogP contribution in [-0.2, 0) is 6.18 Å². The molecule has 2 aliphatic rings. The van der Waals surface area contributed by atoms with E-state index < -0.39 is 23.8 Å². The number of piperidine rings is 1. The zero-order chi connectivity index (χ0) is 23.3. The van der Waals surface area contributed by atoms with Gasteiger partial charge in [-0.25, -0.2) is 4.98 Å². The summed E-state index contributed by atoms with van der Waals surface area (Å²) in [7, 11) is 0. The molecule has 0 radical (unpaired) electrons. The number of carbonyl (C=O) groups is 1. The first kappa shape index (κ1) is 21.5. The normalized spacial score (nSPS) is 23.1. The number of alkyl halides is 3. The van der Waals surface area contributed by atoms with Crippen molar-refractivity contribution in [2.45, 2.75) is 31.7 Å². The maximum Gasteiger partial charge on any atom is 0.417 e. The molecular weight excluding hydrogens is 433 g/mol. The number of hydrogen-bond acceptors (Lipinski definition) is 4. The van der Waals surface area contributed by atoms with Crippen LogP contribution in [0.15, 0.2) is 55.0 Å². The van der Waals surface area contributed by atoms with E-state index in [2.05, 4.69) is 16.9 Å². The smallest absolute Gasteiger partial charge is 0.384 e. The van der Waals surface area contributed by atoms with Crippen molar-refractivity contribution in [1.82, 2.24) is 14.9 Å². The van der Waals surface area contributed by atoms with Crippen LogP contribution in [0.4, 0.5) is 18.9 Å². The van der Waals surface area contributed by atoms with Gasteiger partial charge in [-0.15, -0.1) is 0 Å². The number of aliphatic hydroxyl groups excluding tert-OH is 1. The van der Waals surface area contributed by atoms with Crippen molar-refractivity contribution in [3.8, 4) is 0 Å². The van der Waals surface area contributed by atoms with Crippen LogP contribution >= 0.6 is 0 Å². The summed E-state index contributed by atoms with van der Waals surface area (Å²) in [6, 6.07) is 6.63. The van der Waals surface area contributed by atoms with Crippen LogP contribution in [0.5, 0.6) is 0 Å². The SMILES string of the molecule is C[C@@H]1CCN(C(=O)c2ccccc2C(F)(F)F)C[C@@H]1N1C=CC(O)c2cnc3[nH]ccc3c21. The zero-order valence-electron chi connectivity index (χ0n) is 17.9. The number of H-pyrrole nitrogens is 1. The van der Waals surface area contributed by atoms with Gasteiger partial charge in [0.15, 0.2) is 0 Å². The fraction of sp³-hybridized carbons (Fsp3) is 0.333. The number of benzene rings is 1. The molecule has 1 unspecified atom stereocenters. The summed E-state index contributed by atoms with van der Waals surface area (Å²) in [5, 5.41) is 11.3. The molecule has 1 amide bonds. The number of likely N-dealkylation sites (tertiary alicyclic amines) is 1. The van der Waals surface area contributed by atoms with Crippen LogP contribution in [0, 0.1) is 5.92 Å². The second kappa shape index (κ2) is 7.91. The van der Waals surface area contributed by atoms with Gasteiger partial charge in [-0.05, 0) is 36.6 Å². The topological polar surface area (TPSA) is 72.5 Å². The van der Waals surface area contributed by atoms with Crippen molar-refractivity contribution in [2.24, 2.45) is 5.92 Å². The van der Waals surface area contributed by atoms with Crippen LogP contribution in [0.2, 0.25) is 0 Å². The maximum atomic E-state index is 13.5. The Labute approximate surface area is 188 Å². The number of rotatable bonds is 2. The number of aromatic nitrogens is 2. The highest BCUT2D eigenvalue weighted by Gasteiger charge is 2.39. The molecule has 2 aromatic heterocycles. The zero-order valence-corrected chi connectivity index (χ0v) is 17.9. The highest BCUT2D eigenvalue weighted by Crippen LogP contribution is 2.40. The monoisotopic (exact) mass is 456 g/mol. The van der Waals surface area contributed by atoms with Crippen LogP contribution < -0.4 is 4.90 Å². The minimum atomic E-state index is -4.60. The minimum absolute atomic E-state index is 0.168. The van der Waals surface area contributed by atoms with Gasteiger partial charge < -0.3 is 19.9 Å². The Morgan fingerprint density at radius 1 is 1.24 bits per heavy atom. The molecule has 0 spiro atoms. The molecule has 1 aromatic carbocycles. The first-order chi connectivity index (χ1) is 15.8. The number of halogens is 3. The average Bonchev–Trinajstić information content (AvgIpc) is 3.28. The third-order valence-corrected chi connectivity index (χ3v) is 6.62. The van der Waals surface area contributed by atoms with E-state index in [0.717, 1.165) is 17.1 Å². The largest absolute Gasteiger partial charge is 0.417 e. The Kier molecular flexibility index (Phi) is 5.16. The van der Waals surface area contributed by atoms with E-state index in [9.17, 15) is 23.1 Å². The third-order valence-electron chi connectivity index (χ3n) is 6.62. The van der Waals surface area contributed by atoms with Crippen molar-refractivity contribution in [1.29, 1.82) is 0 Å². The fourth-order valence-corrected chi connectivity index (χ4v) is 4.83. The van der Waals surface area contributed by atoms with Crippen molar-refractivity contribution < 1.29 is 23.1 Å². The predicted molar refractivity (Wildman–Crippen MR) is 118 cm³/mol. The van der Waals surface area contributed by atoms with Gasteiger partial charge in [0.25, 0.3) is 5.91 Å². The van der Waals surface area contributed by atoms with Gasteiger partial charge in [-0.1, -0.05) is 19.1 Å². The van der Waals surface area contributed by atoms with E-state index in [4.69, 9.17) is 0 Å². The molecule has 33 heavy (non-hydrogen) atoms. The quantitative estimate of drug-likeness (QED) is 0.596. The highest BCUT2D eigenvalue weighted by molar-refractivity contribution is 5.96. The number of fused-ring (bicyclic) bond motifs is 3. The number of nitrogens with zero attached hydrogens (tertiary/aromatic N) is 3. The number of carbonyl (C=O) groups excluding carboxylic acids is 1. The molecule has 1 fully saturated rings. The van der Waals surface area contributed by atoms with Crippen molar-refractivity contribution in [3.05, 3.63) is 71.7 Å². The summed E-state index contributed by atoms with van der Waals surface area (Å²) in [5.74, 6) is -0.454. The molecule has 5 rings (SSSR count). The Balaban J connectivity index is 1.50. The molecule has 2 N–H and O–H groups in total. The summed E-state index contributed by atoms with van der Waals surface area (Å²) < 4.78 is 40.5. The van der Waals surface area contributed by atoms with Gasteiger partial charge in [0.1, 0.15) is 11.8 Å². The fourth-order valence-electron chi connectivity index (χ4n) is 4.83. The van der Waals surface area contributed by atoms with Crippen LogP contribution in [0.1, 0.15) is 40.9 Å². The van der Waals surface area contributed by atoms with Gasteiger partial charge >= 0.3 is 6.18 Å². The molecule has 3 atom stereocenters. The summed E-state index contributed by atoms with van der Waals surface area (Å²) in [5.41, 5.74) is 0.884. The van der Waals surface area contributed by atoms with E-state index in [1.165, 1.54) is 23.1 Å². The number of hydrogen-bond donors (Lipinski definition) is 2. The number of pyridine rings is 1. The number of aromatic amines is 1. The Morgan fingerprint density at radius 2 is 2.03 bits per heavy atom. The van der Waals surface area contributed by atoms with E-state index >= 15 is 0 Å². The van der Waals surface area contributed by atoms with Gasteiger partial charge in [0, 0.05) is 42.6 Å². The maximum absolute atomic E-state index is 13.5. The molecule has 6 nitrogen and oxygen atoms in total. The summed E-state index contributed by atoms with van der Waals surface area (Å²) in [6.07, 6.45) is 2.10. The van der Waals surface area contributed by atoms with Crippen LogP contribution in [0.25, 0.3) is 11.0 Å². The van der Waals surface area contributed by atoms with E-state index in [1.54, 1.807) is 24.7 Å². The molecular formula is C24H23F3N4O2. The Bertz CT molecular complexity index is 1240. The van der Waals surface area contributed by atoms with Gasteiger partial charge in [0.05, 0.1) is 22.9 Å². The van der Waals surface area contributed by atoms with Gasteiger partial charge in [-0.3, -0.25) is 4.79 Å². The molecule has 2 aliphatic heterocycles. The minimum Gasteiger partial charge on any atom is -0.384 e. The Morgan fingerprint density at radius 3 is 2.82 bits per heavy atom. The number of aliphatic hydroxyl groups is 1. The average molecular weight is 456 g/mol. The lowest BCUT2D eigenvalue weighted by molar-refractivity contribution is -0.138. The van der Waals surface area contributed by atoms with E-state index in [-0.39, 0.29) is 24.1 Å². The second-order valence-electron chi connectivity index (χ2n) is 8.62.